The number of fused-ring (bicyclic) bond motifs is 1. The Labute approximate surface area is 164 Å². The topological polar surface area (TPSA) is 84.9 Å². The predicted molar refractivity (Wildman–Crippen MR) is 106 cm³/mol. The minimum atomic E-state index is -0.530. The van der Waals surface area contributed by atoms with Crippen LogP contribution in [-0.4, -0.2) is 29.0 Å². The van der Waals surface area contributed by atoms with Crippen LogP contribution < -0.4 is 14.8 Å². The molecule has 1 aliphatic heterocycles. The van der Waals surface area contributed by atoms with Gasteiger partial charge in [0.05, 0.1) is 17.9 Å². The first-order chi connectivity index (χ1) is 13.2. The first-order valence-corrected chi connectivity index (χ1v) is 9.30. The first-order valence-electron chi connectivity index (χ1n) is 9.30. The summed E-state index contributed by atoms with van der Waals surface area (Å²) in [6.45, 7) is 7.49. The van der Waals surface area contributed by atoms with Crippen LogP contribution in [0, 0.1) is 0 Å². The third kappa shape index (κ3) is 3.96. The van der Waals surface area contributed by atoms with Crippen LogP contribution in [0.2, 0.25) is 0 Å². The number of hydrogen-bond acceptors (Lipinski definition) is 6. The maximum atomic E-state index is 13.3. The molecule has 1 heterocycles. The number of rotatable bonds is 4. The van der Waals surface area contributed by atoms with Gasteiger partial charge in [0, 0.05) is 23.6 Å². The summed E-state index contributed by atoms with van der Waals surface area (Å²) in [5, 5.41) is 14.2. The maximum Gasteiger partial charge on any atom is 0.308 e. The van der Waals surface area contributed by atoms with Gasteiger partial charge in [-0.15, -0.1) is 0 Å². The number of ether oxygens (including phenoxy) is 2. The van der Waals surface area contributed by atoms with E-state index in [1.807, 2.05) is 26.8 Å². The highest BCUT2D eigenvalue weighted by Crippen LogP contribution is 2.50. The fourth-order valence-electron chi connectivity index (χ4n) is 3.24. The van der Waals surface area contributed by atoms with Gasteiger partial charge < -0.3 is 19.9 Å². The zero-order valence-electron chi connectivity index (χ0n) is 16.6. The average molecular weight is 383 g/mol. The van der Waals surface area contributed by atoms with Crippen molar-refractivity contribution in [3.05, 3.63) is 47.0 Å². The van der Waals surface area contributed by atoms with Crippen LogP contribution in [0.25, 0.3) is 0 Å². The van der Waals surface area contributed by atoms with Crippen LogP contribution in [0.3, 0.4) is 0 Å². The summed E-state index contributed by atoms with van der Waals surface area (Å²) in [5.41, 5.74) is 0.799. The highest BCUT2D eigenvalue weighted by atomic mass is 16.6. The van der Waals surface area contributed by atoms with Crippen molar-refractivity contribution < 1.29 is 24.2 Å². The lowest BCUT2D eigenvalue weighted by Gasteiger charge is -2.30. The number of phenolic OH excluding ortho intramolecular Hbond substituents is 1. The molecule has 0 saturated carbocycles. The normalized spacial score (nSPS) is 13.3. The van der Waals surface area contributed by atoms with Gasteiger partial charge in [-0.3, -0.25) is 9.59 Å². The van der Waals surface area contributed by atoms with Gasteiger partial charge in [-0.1, -0.05) is 30.3 Å². The lowest BCUT2D eigenvalue weighted by molar-refractivity contribution is -0.132. The van der Waals surface area contributed by atoms with Crippen LogP contribution >= 0.6 is 0 Å². The van der Waals surface area contributed by atoms with Crippen LogP contribution in [0.15, 0.2) is 30.3 Å². The van der Waals surface area contributed by atoms with Gasteiger partial charge in [0.15, 0.2) is 17.3 Å². The van der Waals surface area contributed by atoms with Gasteiger partial charge >= 0.3 is 5.97 Å². The zero-order chi connectivity index (χ0) is 20.5. The molecule has 0 bridgehead atoms. The third-order valence-corrected chi connectivity index (χ3v) is 4.31. The van der Waals surface area contributed by atoms with E-state index in [1.54, 1.807) is 24.3 Å². The predicted octanol–water partition coefficient (Wildman–Crippen LogP) is 4.08. The summed E-state index contributed by atoms with van der Waals surface area (Å²) in [6, 6.07) is 8.70. The summed E-state index contributed by atoms with van der Waals surface area (Å²) < 4.78 is 11.2. The van der Waals surface area contributed by atoms with Crippen molar-refractivity contribution >= 4 is 17.4 Å². The lowest BCUT2D eigenvalue weighted by Crippen LogP contribution is -2.29. The number of hydrogen-bond donors (Lipinski definition) is 2. The third-order valence-electron chi connectivity index (χ3n) is 4.31. The molecule has 2 aromatic rings. The van der Waals surface area contributed by atoms with E-state index in [2.05, 4.69) is 5.32 Å². The Morgan fingerprint density at radius 3 is 2.46 bits per heavy atom. The Morgan fingerprint density at radius 1 is 1.18 bits per heavy atom. The molecular weight excluding hydrogens is 358 g/mol. The number of carbonyl (C=O) groups excluding carboxylic acids is 2. The zero-order valence-corrected chi connectivity index (χ0v) is 16.6. The molecule has 0 amide bonds. The Morgan fingerprint density at radius 2 is 1.86 bits per heavy atom. The second-order valence-electron chi connectivity index (χ2n) is 7.85. The van der Waals surface area contributed by atoms with E-state index in [0.29, 0.717) is 36.3 Å². The highest BCUT2D eigenvalue weighted by molar-refractivity contribution is 6.15. The molecule has 2 aromatic carbocycles. The molecular formula is C22H25NO5. The maximum absolute atomic E-state index is 13.3. The molecule has 6 heteroatoms. The van der Waals surface area contributed by atoms with Crippen LogP contribution in [0.4, 0.5) is 5.69 Å². The van der Waals surface area contributed by atoms with E-state index in [-0.39, 0.29) is 28.5 Å². The molecule has 0 saturated heterocycles. The van der Waals surface area contributed by atoms with Crippen molar-refractivity contribution in [2.75, 3.05) is 11.9 Å². The number of ketones is 1. The lowest BCUT2D eigenvalue weighted by atomic mass is 9.92. The highest BCUT2D eigenvalue weighted by Gasteiger charge is 2.33. The summed E-state index contributed by atoms with van der Waals surface area (Å²) in [4.78, 5) is 25.1. The molecule has 0 aliphatic carbocycles. The molecule has 6 nitrogen and oxygen atoms in total. The van der Waals surface area contributed by atoms with E-state index in [0.717, 1.165) is 0 Å². The molecule has 0 spiro atoms. The van der Waals surface area contributed by atoms with Gasteiger partial charge in [-0.05, 0) is 33.6 Å². The molecule has 0 radical (unpaired) electrons. The number of esters is 1. The number of nitrogens with one attached hydrogen (secondary N) is 1. The smallest absolute Gasteiger partial charge is 0.308 e. The molecule has 0 atom stereocenters. The molecule has 1 aliphatic rings. The van der Waals surface area contributed by atoms with Gasteiger partial charge in [0.2, 0.25) is 0 Å². The fraction of sp³-hybridized carbons (Fsp3) is 0.364. The first kappa shape index (κ1) is 19.7. The molecule has 0 unspecified atom stereocenters. The quantitative estimate of drug-likeness (QED) is 0.470. The fourth-order valence-corrected chi connectivity index (χ4v) is 3.24. The second-order valence-corrected chi connectivity index (χ2v) is 7.85. The molecule has 148 valence electrons. The Balaban J connectivity index is 2.32. The minimum Gasteiger partial charge on any atom is -0.507 e. The molecule has 0 aromatic heterocycles. The largest absolute Gasteiger partial charge is 0.507 e. The number of aromatic hydroxyl groups is 1. The number of anilines is 1. The van der Waals surface area contributed by atoms with Crippen molar-refractivity contribution in [1.82, 2.24) is 0 Å². The van der Waals surface area contributed by atoms with Crippen molar-refractivity contribution in [2.45, 2.75) is 46.1 Å². The number of phenols is 1. The summed E-state index contributed by atoms with van der Waals surface area (Å²) in [7, 11) is 0. The van der Waals surface area contributed by atoms with Crippen molar-refractivity contribution in [3.63, 3.8) is 0 Å². The SMILES string of the molecule is CC(=O)Oc1c(NC(C)(C)C)c(C(=O)c2ccccc2)c(O)c2c1OCCC2. The van der Waals surface area contributed by atoms with E-state index in [1.165, 1.54) is 6.92 Å². The Kier molecular flexibility index (Phi) is 5.31. The van der Waals surface area contributed by atoms with Crippen molar-refractivity contribution in [3.8, 4) is 17.2 Å². The van der Waals surface area contributed by atoms with E-state index in [4.69, 9.17) is 9.47 Å². The van der Waals surface area contributed by atoms with E-state index < -0.39 is 11.5 Å². The van der Waals surface area contributed by atoms with E-state index in [9.17, 15) is 14.7 Å². The molecule has 0 fully saturated rings. The summed E-state index contributed by atoms with van der Waals surface area (Å²) >= 11 is 0. The second kappa shape index (κ2) is 7.54. The summed E-state index contributed by atoms with van der Waals surface area (Å²) in [5.74, 6) is -0.556. The van der Waals surface area contributed by atoms with Crippen molar-refractivity contribution in [1.29, 1.82) is 0 Å². The van der Waals surface area contributed by atoms with E-state index >= 15 is 0 Å². The van der Waals surface area contributed by atoms with Crippen LogP contribution in [-0.2, 0) is 11.2 Å². The van der Waals surface area contributed by atoms with Crippen LogP contribution in [0.5, 0.6) is 17.2 Å². The summed E-state index contributed by atoms with van der Waals surface area (Å²) in [6.07, 6.45) is 1.23. The van der Waals surface area contributed by atoms with Crippen LogP contribution in [0.1, 0.15) is 55.6 Å². The Hall–Kier alpha value is -3.02. The number of carbonyl (C=O) groups is 2. The molecule has 2 N–H and O–H groups in total. The molecule has 3 rings (SSSR count). The van der Waals surface area contributed by atoms with Gasteiger partial charge in [0.25, 0.3) is 0 Å². The van der Waals surface area contributed by atoms with Gasteiger partial charge in [0.1, 0.15) is 5.75 Å². The average Bonchev–Trinajstić information content (AvgIpc) is 2.64. The minimum absolute atomic E-state index is 0.0848. The standard InChI is InChI=1S/C22H25NO5/c1-13(24)28-21-17(23-22(2,3)4)16(18(25)14-9-6-5-7-10-14)19(26)15-11-8-12-27-20(15)21/h5-7,9-10,23,26H,8,11-12H2,1-4H3. The van der Waals surface area contributed by atoms with Gasteiger partial charge in [-0.25, -0.2) is 0 Å². The van der Waals surface area contributed by atoms with Crippen molar-refractivity contribution in [2.24, 2.45) is 0 Å². The monoisotopic (exact) mass is 383 g/mol. The Bertz CT molecular complexity index is 913. The number of benzene rings is 2. The molecule has 28 heavy (non-hydrogen) atoms. The van der Waals surface area contributed by atoms with Gasteiger partial charge in [-0.2, -0.15) is 0 Å².